The van der Waals surface area contributed by atoms with Crippen LogP contribution in [0.4, 0.5) is 0 Å². The Kier molecular flexibility index (Phi) is 5.05. The molecule has 0 heterocycles. The number of benzene rings is 1. The summed E-state index contributed by atoms with van der Waals surface area (Å²) in [6.07, 6.45) is 0.665. The second kappa shape index (κ2) is 5.82. The summed E-state index contributed by atoms with van der Waals surface area (Å²) in [6.45, 7) is 0.719. The smallest absolute Gasteiger partial charge is 0.134 e. The topological polar surface area (TPSA) is 29.5 Å². The molecule has 1 rings (SSSR count). The minimum atomic E-state index is 0.168. The van der Waals surface area contributed by atoms with Crippen LogP contribution in [0.25, 0.3) is 0 Å². The molecular formula is C9H10BrIO2. The number of aliphatic hydroxyl groups is 1. The van der Waals surface area contributed by atoms with E-state index in [9.17, 15) is 0 Å². The predicted octanol–water partition coefficient (Wildman–Crippen LogP) is 2.81. The monoisotopic (exact) mass is 356 g/mol. The SMILES string of the molecule is OCCCOc1cc(I)ccc1Br. The molecule has 2 nitrogen and oxygen atoms in total. The summed E-state index contributed by atoms with van der Waals surface area (Å²) in [4.78, 5) is 0. The second-order valence-electron chi connectivity index (χ2n) is 2.50. The van der Waals surface area contributed by atoms with Crippen molar-refractivity contribution in [3.05, 3.63) is 26.2 Å². The first-order valence-corrected chi connectivity index (χ1v) is 5.80. The Morgan fingerprint density at radius 1 is 1.46 bits per heavy atom. The maximum atomic E-state index is 8.57. The zero-order valence-electron chi connectivity index (χ0n) is 6.96. The van der Waals surface area contributed by atoms with Crippen molar-refractivity contribution in [3.63, 3.8) is 0 Å². The van der Waals surface area contributed by atoms with Gasteiger partial charge < -0.3 is 9.84 Å². The van der Waals surface area contributed by atoms with Crippen molar-refractivity contribution in [1.29, 1.82) is 0 Å². The normalized spacial score (nSPS) is 10.1. The molecule has 0 fully saturated rings. The number of rotatable bonds is 4. The molecule has 0 radical (unpaired) electrons. The van der Waals surface area contributed by atoms with E-state index in [2.05, 4.69) is 38.5 Å². The lowest BCUT2D eigenvalue weighted by molar-refractivity contribution is 0.233. The summed E-state index contributed by atoms with van der Waals surface area (Å²) in [5.41, 5.74) is 0. The molecule has 72 valence electrons. The fourth-order valence-corrected chi connectivity index (χ4v) is 1.66. The maximum Gasteiger partial charge on any atom is 0.134 e. The first-order valence-electron chi connectivity index (χ1n) is 3.93. The van der Waals surface area contributed by atoms with E-state index >= 15 is 0 Å². The Morgan fingerprint density at radius 3 is 2.92 bits per heavy atom. The third-order valence-corrected chi connectivity index (χ3v) is 2.78. The van der Waals surface area contributed by atoms with Crippen molar-refractivity contribution >= 4 is 38.5 Å². The average Bonchev–Trinajstić information content (AvgIpc) is 2.11. The van der Waals surface area contributed by atoms with Gasteiger partial charge in [-0.25, -0.2) is 0 Å². The van der Waals surface area contributed by atoms with E-state index in [-0.39, 0.29) is 6.61 Å². The fraction of sp³-hybridized carbons (Fsp3) is 0.333. The third-order valence-electron chi connectivity index (χ3n) is 1.45. The molecule has 0 aliphatic carbocycles. The highest BCUT2D eigenvalue weighted by atomic mass is 127. The van der Waals surface area contributed by atoms with Gasteiger partial charge in [-0.1, -0.05) is 0 Å². The predicted molar refractivity (Wildman–Crippen MR) is 64.1 cm³/mol. The van der Waals surface area contributed by atoms with Crippen LogP contribution in [0.15, 0.2) is 22.7 Å². The lowest BCUT2D eigenvalue weighted by atomic mass is 10.3. The molecule has 0 saturated heterocycles. The molecule has 1 N–H and O–H groups in total. The minimum Gasteiger partial charge on any atom is -0.492 e. The molecule has 0 atom stereocenters. The van der Waals surface area contributed by atoms with Gasteiger partial charge in [0.2, 0.25) is 0 Å². The van der Waals surface area contributed by atoms with Crippen molar-refractivity contribution in [2.75, 3.05) is 13.2 Å². The summed E-state index contributed by atoms with van der Waals surface area (Å²) < 4.78 is 7.53. The summed E-state index contributed by atoms with van der Waals surface area (Å²) in [7, 11) is 0. The van der Waals surface area contributed by atoms with Gasteiger partial charge in [-0.2, -0.15) is 0 Å². The molecule has 0 bridgehead atoms. The van der Waals surface area contributed by atoms with Crippen LogP contribution in [0.1, 0.15) is 6.42 Å². The molecule has 0 saturated carbocycles. The Hall–Kier alpha value is 0.190. The standard InChI is InChI=1S/C9H10BrIO2/c10-8-3-2-7(11)6-9(8)13-5-1-4-12/h2-3,6,12H,1,4-5H2. The molecule has 0 spiro atoms. The second-order valence-corrected chi connectivity index (χ2v) is 4.60. The van der Waals surface area contributed by atoms with Gasteiger partial charge in [-0.05, 0) is 56.7 Å². The van der Waals surface area contributed by atoms with Gasteiger partial charge in [0.1, 0.15) is 5.75 Å². The zero-order valence-corrected chi connectivity index (χ0v) is 10.7. The minimum absolute atomic E-state index is 0.168. The summed E-state index contributed by atoms with van der Waals surface area (Å²) in [5, 5.41) is 8.57. The van der Waals surface area contributed by atoms with Crippen molar-refractivity contribution in [2.45, 2.75) is 6.42 Å². The molecule has 1 aromatic carbocycles. The number of hydrogen-bond donors (Lipinski definition) is 1. The van der Waals surface area contributed by atoms with E-state index in [0.29, 0.717) is 13.0 Å². The highest BCUT2D eigenvalue weighted by Gasteiger charge is 2.00. The van der Waals surface area contributed by atoms with Crippen molar-refractivity contribution < 1.29 is 9.84 Å². The van der Waals surface area contributed by atoms with E-state index in [0.717, 1.165) is 13.8 Å². The Bertz CT molecular complexity index is 278. The molecule has 0 aromatic heterocycles. The first kappa shape index (κ1) is 11.3. The highest BCUT2D eigenvalue weighted by Crippen LogP contribution is 2.26. The van der Waals surface area contributed by atoms with Crippen LogP contribution in [0.2, 0.25) is 0 Å². The molecule has 4 heteroatoms. The van der Waals surface area contributed by atoms with Gasteiger partial charge >= 0.3 is 0 Å². The van der Waals surface area contributed by atoms with Crippen LogP contribution in [0, 0.1) is 3.57 Å². The highest BCUT2D eigenvalue weighted by molar-refractivity contribution is 14.1. The van der Waals surface area contributed by atoms with Crippen LogP contribution >= 0.6 is 38.5 Å². The summed E-state index contributed by atoms with van der Waals surface area (Å²) in [5.74, 6) is 0.834. The lowest BCUT2D eigenvalue weighted by Crippen LogP contribution is -2.00. The van der Waals surface area contributed by atoms with E-state index in [1.54, 1.807) is 0 Å². The van der Waals surface area contributed by atoms with Gasteiger partial charge in [0.15, 0.2) is 0 Å². The van der Waals surface area contributed by atoms with Gasteiger partial charge in [-0.3, -0.25) is 0 Å². The van der Waals surface area contributed by atoms with Crippen molar-refractivity contribution in [3.8, 4) is 5.75 Å². The number of aliphatic hydroxyl groups excluding tert-OH is 1. The third kappa shape index (κ3) is 3.83. The average molecular weight is 357 g/mol. The molecule has 0 aliphatic rings. The van der Waals surface area contributed by atoms with Gasteiger partial charge in [-0.15, -0.1) is 0 Å². The lowest BCUT2D eigenvalue weighted by Gasteiger charge is -2.07. The first-order chi connectivity index (χ1) is 6.24. The number of ether oxygens (including phenoxy) is 1. The molecule has 1 aromatic rings. The van der Waals surface area contributed by atoms with E-state index in [4.69, 9.17) is 9.84 Å². The van der Waals surface area contributed by atoms with Gasteiger partial charge in [0.25, 0.3) is 0 Å². The number of hydrogen-bond acceptors (Lipinski definition) is 2. The maximum absolute atomic E-state index is 8.57. The Balaban J connectivity index is 2.59. The largest absolute Gasteiger partial charge is 0.492 e. The fourth-order valence-electron chi connectivity index (χ4n) is 0.834. The molecule has 0 aliphatic heterocycles. The summed E-state index contributed by atoms with van der Waals surface area (Å²) in [6, 6.07) is 5.92. The van der Waals surface area contributed by atoms with E-state index < -0.39 is 0 Å². The zero-order chi connectivity index (χ0) is 9.68. The van der Waals surface area contributed by atoms with Crippen molar-refractivity contribution in [1.82, 2.24) is 0 Å². The molecular weight excluding hydrogens is 347 g/mol. The summed E-state index contributed by atoms with van der Waals surface area (Å²) >= 11 is 5.62. The Morgan fingerprint density at radius 2 is 2.23 bits per heavy atom. The van der Waals surface area contributed by atoms with Crippen LogP contribution in [-0.2, 0) is 0 Å². The van der Waals surface area contributed by atoms with Gasteiger partial charge in [0, 0.05) is 16.6 Å². The Labute approximate surface area is 99.6 Å². The van der Waals surface area contributed by atoms with Crippen LogP contribution < -0.4 is 4.74 Å². The molecule has 0 unspecified atom stereocenters. The van der Waals surface area contributed by atoms with Crippen LogP contribution in [-0.4, -0.2) is 18.3 Å². The number of halogens is 2. The quantitative estimate of drug-likeness (QED) is 0.664. The van der Waals surface area contributed by atoms with E-state index in [1.807, 2.05) is 18.2 Å². The van der Waals surface area contributed by atoms with Crippen LogP contribution in [0.3, 0.4) is 0 Å². The van der Waals surface area contributed by atoms with E-state index in [1.165, 1.54) is 0 Å². The molecule has 0 amide bonds. The van der Waals surface area contributed by atoms with Gasteiger partial charge in [0.05, 0.1) is 11.1 Å². The van der Waals surface area contributed by atoms with Crippen LogP contribution in [0.5, 0.6) is 5.75 Å². The molecule has 13 heavy (non-hydrogen) atoms. The van der Waals surface area contributed by atoms with Crippen molar-refractivity contribution in [2.24, 2.45) is 0 Å².